The Morgan fingerprint density at radius 2 is 1.77 bits per heavy atom. The van der Waals surface area contributed by atoms with Gasteiger partial charge in [-0.2, -0.15) is 0 Å². The van der Waals surface area contributed by atoms with Gasteiger partial charge in [-0.15, -0.1) is 0 Å². The number of nitrogens with two attached hydrogens (primary N) is 1. The van der Waals surface area contributed by atoms with Gasteiger partial charge in [0.1, 0.15) is 0 Å². The number of halogens is 1. The molecule has 66 valence electrons. The van der Waals surface area contributed by atoms with Crippen molar-refractivity contribution in [2.45, 2.75) is 6.92 Å². The van der Waals surface area contributed by atoms with Crippen LogP contribution in [-0.2, 0) is 0 Å². The predicted octanol–water partition coefficient (Wildman–Crippen LogP) is 3.38. The normalized spacial score (nSPS) is 10.6. The Morgan fingerprint density at radius 1 is 1.15 bits per heavy atom. The summed E-state index contributed by atoms with van der Waals surface area (Å²) in [6.45, 7) is 2.04. The first-order valence-electron chi connectivity index (χ1n) is 4.13. The molecule has 0 aliphatic rings. The van der Waals surface area contributed by atoms with Crippen LogP contribution < -0.4 is 5.73 Å². The van der Waals surface area contributed by atoms with Crippen molar-refractivity contribution in [1.82, 2.24) is 0 Å². The zero-order valence-corrected chi connectivity index (χ0v) is 8.10. The second-order valence-corrected chi connectivity index (χ2v) is 3.54. The Morgan fingerprint density at radius 3 is 2.46 bits per heavy atom. The third kappa shape index (κ3) is 1.25. The van der Waals surface area contributed by atoms with Crippen LogP contribution in [0.15, 0.2) is 30.3 Å². The van der Waals surface area contributed by atoms with Gasteiger partial charge in [0, 0.05) is 5.39 Å². The monoisotopic (exact) mass is 191 g/mol. The van der Waals surface area contributed by atoms with Gasteiger partial charge in [0.2, 0.25) is 0 Å². The first kappa shape index (κ1) is 8.39. The molecule has 2 aromatic rings. The summed E-state index contributed by atoms with van der Waals surface area (Å²) >= 11 is 5.97. The van der Waals surface area contributed by atoms with E-state index >= 15 is 0 Å². The first-order chi connectivity index (χ1) is 6.20. The highest BCUT2D eigenvalue weighted by Crippen LogP contribution is 2.30. The summed E-state index contributed by atoms with van der Waals surface area (Å²) in [6, 6.07) is 9.91. The number of fused-ring (bicyclic) bond motifs is 1. The average Bonchev–Trinajstić information content (AvgIpc) is 2.15. The highest BCUT2D eigenvalue weighted by molar-refractivity contribution is 6.34. The topological polar surface area (TPSA) is 26.0 Å². The first-order valence-corrected chi connectivity index (χ1v) is 4.51. The van der Waals surface area contributed by atoms with E-state index < -0.39 is 0 Å². The third-order valence-corrected chi connectivity index (χ3v) is 2.56. The summed E-state index contributed by atoms with van der Waals surface area (Å²) in [5, 5.41) is 2.84. The van der Waals surface area contributed by atoms with Crippen molar-refractivity contribution >= 4 is 28.1 Å². The molecule has 0 aromatic heterocycles. The summed E-state index contributed by atoms with van der Waals surface area (Å²) in [5.41, 5.74) is 7.69. The summed E-state index contributed by atoms with van der Waals surface area (Å²) in [4.78, 5) is 0. The Labute approximate surface area is 82.1 Å². The van der Waals surface area contributed by atoms with E-state index in [9.17, 15) is 0 Å². The highest BCUT2D eigenvalue weighted by atomic mass is 35.5. The van der Waals surface area contributed by atoms with Crippen LogP contribution in [-0.4, -0.2) is 0 Å². The molecule has 0 saturated carbocycles. The molecule has 0 spiro atoms. The maximum Gasteiger partial charge on any atom is 0.0644 e. The van der Waals surface area contributed by atoms with Crippen LogP contribution in [0, 0.1) is 6.92 Å². The van der Waals surface area contributed by atoms with Gasteiger partial charge in [-0.05, 0) is 23.9 Å². The predicted molar refractivity (Wildman–Crippen MR) is 58.1 cm³/mol. The third-order valence-electron chi connectivity index (χ3n) is 2.24. The van der Waals surface area contributed by atoms with Crippen LogP contribution >= 0.6 is 11.6 Å². The molecule has 1 nitrogen and oxygen atoms in total. The van der Waals surface area contributed by atoms with Gasteiger partial charge >= 0.3 is 0 Å². The van der Waals surface area contributed by atoms with Crippen LogP contribution in [0.5, 0.6) is 0 Å². The summed E-state index contributed by atoms with van der Waals surface area (Å²) in [7, 11) is 0. The lowest BCUT2D eigenvalue weighted by Gasteiger charge is -2.06. The molecular weight excluding hydrogens is 182 g/mol. The zero-order chi connectivity index (χ0) is 9.42. The van der Waals surface area contributed by atoms with Gasteiger partial charge in [-0.25, -0.2) is 0 Å². The fraction of sp³-hybridized carbons (Fsp3) is 0.0909. The van der Waals surface area contributed by atoms with E-state index in [1.54, 1.807) is 0 Å². The lowest BCUT2D eigenvalue weighted by Crippen LogP contribution is -1.90. The molecule has 2 N–H and O–H groups in total. The van der Waals surface area contributed by atoms with Gasteiger partial charge in [0.05, 0.1) is 10.7 Å². The second-order valence-electron chi connectivity index (χ2n) is 3.13. The molecule has 13 heavy (non-hydrogen) atoms. The number of hydrogen-bond acceptors (Lipinski definition) is 1. The van der Waals surface area contributed by atoms with Crippen molar-refractivity contribution in [2.75, 3.05) is 5.73 Å². The van der Waals surface area contributed by atoms with Crippen LogP contribution in [0.1, 0.15) is 5.56 Å². The van der Waals surface area contributed by atoms with Crippen LogP contribution in [0.25, 0.3) is 10.8 Å². The molecule has 0 heterocycles. The van der Waals surface area contributed by atoms with E-state index in [-0.39, 0.29) is 0 Å². The molecule has 2 rings (SSSR count). The lowest BCUT2D eigenvalue weighted by molar-refractivity contribution is 1.53. The van der Waals surface area contributed by atoms with Crippen LogP contribution in [0.2, 0.25) is 5.02 Å². The van der Waals surface area contributed by atoms with Crippen molar-refractivity contribution in [3.63, 3.8) is 0 Å². The molecule has 0 amide bonds. The summed E-state index contributed by atoms with van der Waals surface area (Å²) < 4.78 is 0. The molecule has 0 radical (unpaired) electrons. The van der Waals surface area contributed by atoms with Crippen molar-refractivity contribution in [1.29, 1.82) is 0 Å². The quantitative estimate of drug-likeness (QED) is 0.635. The second kappa shape index (κ2) is 2.93. The molecule has 2 aromatic carbocycles. The van der Waals surface area contributed by atoms with Crippen LogP contribution in [0.4, 0.5) is 5.69 Å². The number of nitrogen functional groups attached to an aromatic ring is 1. The molecule has 0 aliphatic carbocycles. The molecule has 0 aliphatic heterocycles. The molecular formula is C11H10ClN. The zero-order valence-electron chi connectivity index (χ0n) is 7.34. The minimum atomic E-state index is 0.635. The highest BCUT2D eigenvalue weighted by Gasteiger charge is 2.04. The number of aryl methyl sites for hydroxylation is 1. The van der Waals surface area contributed by atoms with Crippen LogP contribution in [0.3, 0.4) is 0 Å². The Bertz CT molecular complexity index is 463. The fourth-order valence-corrected chi connectivity index (χ4v) is 1.80. The van der Waals surface area contributed by atoms with E-state index in [0.29, 0.717) is 10.7 Å². The van der Waals surface area contributed by atoms with Gasteiger partial charge < -0.3 is 5.73 Å². The molecule has 0 bridgehead atoms. The maximum atomic E-state index is 5.97. The Balaban J connectivity index is 2.97. The van der Waals surface area contributed by atoms with E-state index in [0.717, 1.165) is 10.9 Å². The average molecular weight is 192 g/mol. The number of benzene rings is 2. The van der Waals surface area contributed by atoms with Crippen molar-refractivity contribution in [2.24, 2.45) is 0 Å². The summed E-state index contributed by atoms with van der Waals surface area (Å²) in [5.74, 6) is 0. The number of hydrogen-bond donors (Lipinski definition) is 1. The van der Waals surface area contributed by atoms with Gasteiger partial charge in [0.25, 0.3) is 0 Å². The Hall–Kier alpha value is -1.21. The standard InChI is InChI=1S/C11H10ClN/c1-7-6-10(12)11(13)9-5-3-2-4-8(7)9/h2-6H,13H2,1H3. The summed E-state index contributed by atoms with van der Waals surface area (Å²) in [6.07, 6.45) is 0. The lowest BCUT2D eigenvalue weighted by atomic mass is 10.0. The molecule has 0 atom stereocenters. The van der Waals surface area contributed by atoms with E-state index in [1.807, 2.05) is 31.2 Å². The SMILES string of the molecule is Cc1cc(Cl)c(N)c2ccccc12. The van der Waals surface area contributed by atoms with E-state index in [2.05, 4.69) is 6.07 Å². The number of anilines is 1. The largest absolute Gasteiger partial charge is 0.397 e. The number of rotatable bonds is 0. The van der Waals surface area contributed by atoms with E-state index in [1.165, 1.54) is 5.39 Å². The minimum Gasteiger partial charge on any atom is -0.397 e. The fourth-order valence-electron chi connectivity index (χ4n) is 1.54. The van der Waals surface area contributed by atoms with E-state index in [4.69, 9.17) is 17.3 Å². The molecule has 0 unspecified atom stereocenters. The molecule has 0 saturated heterocycles. The van der Waals surface area contributed by atoms with Crippen molar-refractivity contribution in [3.8, 4) is 0 Å². The Kier molecular flexibility index (Phi) is 1.89. The minimum absolute atomic E-state index is 0.635. The smallest absolute Gasteiger partial charge is 0.0644 e. The van der Waals surface area contributed by atoms with Gasteiger partial charge in [0.15, 0.2) is 0 Å². The van der Waals surface area contributed by atoms with Crippen molar-refractivity contribution < 1.29 is 0 Å². The molecule has 0 fully saturated rings. The van der Waals surface area contributed by atoms with Crippen molar-refractivity contribution in [3.05, 3.63) is 40.9 Å². The molecule has 2 heteroatoms. The van der Waals surface area contributed by atoms with Gasteiger partial charge in [-0.1, -0.05) is 35.9 Å². The maximum absolute atomic E-state index is 5.97. The van der Waals surface area contributed by atoms with Gasteiger partial charge in [-0.3, -0.25) is 0 Å².